The third-order valence-electron chi connectivity index (χ3n) is 4.83. The van der Waals surface area contributed by atoms with E-state index in [1.54, 1.807) is 4.68 Å². The Morgan fingerprint density at radius 2 is 1.95 bits per heavy atom. The minimum Gasteiger partial charge on any atom is -0.473 e. The molecule has 3 heterocycles. The van der Waals surface area contributed by atoms with Gasteiger partial charge in [0, 0.05) is 24.9 Å². The predicted octanol–water partition coefficient (Wildman–Crippen LogP) is 1.56. The average Bonchev–Trinajstić information content (AvgIpc) is 3.15. The molecule has 0 radical (unpaired) electrons. The van der Waals surface area contributed by atoms with Gasteiger partial charge in [-0.2, -0.15) is 5.10 Å². The molecule has 1 aliphatic carbocycles. The van der Waals surface area contributed by atoms with Crippen LogP contribution < -0.4 is 10.1 Å². The van der Waals surface area contributed by atoms with Gasteiger partial charge in [0.25, 0.3) is 0 Å². The van der Waals surface area contributed by atoms with Gasteiger partial charge in [0.15, 0.2) is 0 Å². The lowest BCUT2D eigenvalue weighted by atomic mass is 10.0. The predicted molar refractivity (Wildman–Crippen MR) is 82.5 cm³/mol. The van der Waals surface area contributed by atoms with Crippen molar-refractivity contribution in [3.8, 4) is 17.1 Å². The lowest BCUT2D eigenvalue weighted by Gasteiger charge is -2.13. The Bertz CT molecular complexity index is 654. The van der Waals surface area contributed by atoms with Crippen molar-refractivity contribution in [2.45, 2.75) is 25.9 Å². The molecule has 1 saturated heterocycles. The standard InChI is InChI=1S/C16H21N5O/c1-10-14(9-21(2)20-10)15-3-4-16(19-18-15)22-13-5-11-7-17-8-12(11)6-13/h3-4,9,11-13,17H,5-8H2,1-2H3/t11-,12+,13-. The molecule has 0 amide bonds. The molecule has 6 heteroatoms. The molecule has 0 aromatic carbocycles. The Labute approximate surface area is 129 Å². The van der Waals surface area contributed by atoms with Gasteiger partial charge in [0.2, 0.25) is 5.88 Å². The van der Waals surface area contributed by atoms with E-state index in [-0.39, 0.29) is 6.10 Å². The number of ether oxygens (including phenoxy) is 1. The molecule has 4 rings (SSSR count). The summed E-state index contributed by atoms with van der Waals surface area (Å²) in [6, 6.07) is 3.88. The topological polar surface area (TPSA) is 64.9 Å². The van der Waals surface area contributed by atoms with Gasteiger partial charge in [-0.05, 0) is 50.8 Å². The SMILES string of the molecule is Cc1nn(C)cc1-c1ccc(O[C@H]2C[C@H]3CNC[C@H]3C2)nn1. The van der Waals surface area contributed by atoms with Gasteiger partial charge in [-0.1, -0.05) is 0 Å². The van der Waals surface area contributed by atoms with E-state index in [0.717, 1.165) is 54.7 Å². The van der Waals surface area contributed by atoms with Crippen molar-refractivity contribution in [1.29, 1.82) is 0 Å². The van der Waals surface area contributed by atoms with Gasteiger partial charge in [0.1, 0.15) is 6.10 Å². The van der Waals surface area contributed by atoms with E-state index < -0.39 is 0 Å². The number of aromatic nitrogens is 4. The zero-order chi connectivity index (χ0) is 15.1. The van der Waals surface area contributed by atoms with Crippen LogP contribution in [0.1, 0.15) is 18.5 Å². The maximum absolute atomic E-state index is 6.02. The first-order valence-corrected chi connectivity index (χ1v) is 7.91. The van der Waals surface area contributed by atoms with E-state index in [0.29, 0.717) is 5.88 Å². The summed E-state index contributed by atoms with van der Waals surface area (Å²) in [5.74, 6) is 2.17. The molecule has 2 fully saturated rings. The lowest BCUT2D eigenvalue weighted by molar-refractivity contribution is 0.189. The Hall–Kier alpha value is -1.95. The second kappa shape index (κ2) is 5.35. The smallest absolute Gasteiger partial charge is 0.233 e. The van der Waals surface area contributed by atoms with Crippen molar-refractivity contribution in [1.82, 2.24) is 25.3 Å². The molecule has 2 aromatic heterocycles. The fourth-order valence-corrected chi connectivity index (χ4v) is 3.76. The van der Waals surface area contributed by atoms with E-state index in [1.165, 1.54) is 0 Å². The number of hydrogen-bond acceptors (Lipinski definition) is 5. The van der Waals surface area contributed by atoms with Crippen LogP contribution in [-0.2, 0) is 7.05 Å². The maximum Gasteiger partial charge on any atom is 0.233 e. The second-order valence-electron chi connectivity index (χ2n) is 6.45. The summed E-state index contributed by atoms with van der Waals surface area (Å²) in [4.78, 5) is 0. The highest BCUT2D eigenvalue weighted by Crippen LogP contribution is 2.36. The number of fused-ring (bicyclic) bond motifs is 1. The van der Waals surface area contributed by atoms with Crippen LogP contribution in [0.5, 0.6) is 5.88 Å². The van der Waals surface area contributed by atoms with Crippen molar-refractivity contribution < 1.29 is 4.74 Å². The van der Waals surface area contributed by atoms with Gasteiger partial charge in [-0.15, -0.1) is 10.2 Å². The molecule has 1 saturated carbocycles. The van der Waals surface area contributed by atoms with Gasteiger partial charge < -0.3 is 10.1 Å². The summed E-state index contributed by atoms with van der Waals surface area (Å²) in [7, 11) is 1.91. The van der Waals surface area contributed by atoms with Crippen LogP contribution in [0.15, 0.2) is 18.3 Å². The van der Waals surface area contributed by atoms with Crippen LogP contribution in [0.25, 0.3) is 11.3 Å². The molecule has 6 nitrogen and oxygen atoms in total. The highest BCUT2D eigenvalue weighted by atomic mass is 16.5. The summed E-state index contributed by atoms with van der Waals surface area (Å²) in [6.45, 7) is 4.25. The largest absolute Gasteiger partial charge is 0.473 e. The average molecular weight is 299 g/mol. The number of nitrogens with one attached hydrogen (secondary N) is 1. The highest BCUT2D eigenvalue weighted by molar-refractivity contribution is 5.60. The minimum absolute atomic E-state index is 0.289. The molecular weight excluding hydrogens is 278 g/mol. The zero-order valence-electron chi connectivity index (χ0n) is 13.0. The Morgan fingerprint density at radius 3 is 2.55 bits per heavy atom. The minimum atomic E-state index is 0.289. The number of aryl methyl sites for hydroxylation is 2. The Morgan fingerprint density at radius 1 is 1.18 bits per heavy atom. The van der Waals surface area contributed by atoms with Crippen LogP contribution in [-0.4, -0.2) is 39.2 Å². The van der Waals surface area contributed by atoms with Crippen LogP contribution in [0.3, 0.4) is 0 Å². The monoisotopic (exact) mass is 299 g/mol. The molecule has 116 valence electrons. The third kappa shape index (κ3) is 2.47. The number of hydrogen-bond donors (Lipinski definition) is 1. The van der Waals surface area contributed by atoms with E-state index >= 15 is 0 Å². The molecule has 1 aliphatic heterocycles. The number of nitrogens with zero attached hydrogens (tertiary/aromatic N) is 4. The fourth-order valence-electron chi connectivity index (χ4n) is 3.76. The van der Waals surface area contributed by atoms with E-state index in [9.17, 15) is 0 Å². The molecule has 0 bridgehead atoms. The zero-order valence-corrected chi connectivity index (χ0v) is 13.0. The molecule has 22 heavy (non-hydrogen) atoms. The summed E-state index contributed by atoms with van der Waals surface area (Å²) in [6.07, 6.45) is 4.51. The second-order valence-corrected chi connectivity index (χ2v) is 6.45. The van der Waals surface area contributed by atoms with Crippen molar-refractivity contribution in [2.75, 3.05) is 13.1 Å². The quantitative estimate of drug-likeness (QED) is 0.932. The summed E-state index contributed by atoms with van der Waals surface area (Å²) < 4.78 is 7.81. The van der Waals surface area contributed by atoms with Crippen LogP contribution >= 0.6 is 0 Å². The molecule has 3 atom stereocenters. The van der Waals surface area contributed by atoms with E-state index in [1.807, 2.05) is 32.3 Å². The van der Waals surface area contributed by atoms with E-state index in [2.05, 4.69) is 20.6 Å². The van der Waals surface area contributed by atoms with Gasteiger partial charge in [-0.25, -0.2) is 0 Å². The van der Waals surface area contributed by atoms with Gasteiger partial charge in [0.05, 0.1) is 11.4 Å². The molecular formula is C16H21N5O. The first-order chi connectivity index (χ1) is 10.7. The van der Waals surface area contributed by atoms with Crippen LogP contribution in [0.4, 0.5) is 0 Å². The summed E-state index contributed by atoms with van der Waals surface area (Å²) in [5.41, 5.74) is 2.81. The van der Waals surface area contributed by atoms with Crippen molar-refractivity contribution in [2.24, 2.45) is 18.9 Å². The first kappa shape index (κ1) is 13.7. The van der Waals surface area contributed by atoms with Crippen molar-refractivity contribution >= 4 is 0 Å². The normalized spacial score (nSPS) is 27.1. The van der Waals surface area contributed by atoms with Gasteiger partial charge in [-0.3, -0.25) is 4.68 Å². The molecule has 0 spiro atoms. The van der Waals surface area contributed by atoms with E-state index in [4.69, 9.17) is 4.74 Å². The highest BCUT2D eigenvalue weighted by Gasteiger charge is 2.38. The Balaban J connectivity index is 1.45. The molecule has 2 aromatic rings. The van der Waals surface area contributed by atoms with Crippen LogP contribution in [0.2, 0.25) is 0 Å². The van der Waals surface area contributed by atoms with Crippen molar-refractivity contribution in [3.63, 3.8) is 0 Å². The lowest BCUT2D eigenvalue weighted by Crippen LogP contribution is -2.19. The maximum atomic E-state index is 6.02. The fraction of sp³-hybridized carbons (Fsp3) is 0.562. The molecule has 1 N–H and O–H groups in total. The van der Waals surface area contributed by atoms with Crippen molar-refractivity contribution in [3.05, 3.63) is 24.0 Å². The molecule has 2 aliphatic rings. The summed E-state index contributed by atoms with van der Waals surface area (Å²) in [5, 5.41) is 16.3. The van der Waals surface area contributed by atoms with Gasteiger partial charge >= 0.3 is 0 Å². The van der Waals surface area contributed by atoms with Crippen LogP contribution in [0, 0.1) is 18.8 Å². The molecule has 0 unspecified atom stereocenters. The first-order valence-electron chi connectivity index (χ1n) is 7.91. The summed E-state index contributed by atoms with van der Waals surface area (Å²) >= 11 is 0. The number of rotatable bonds is 3. The third-order valence-corrected chi connectivity index (χ3v) is 4.83. The Kier molecular flexibility index (Phi) is 3.33.